The molecule has 0 fully saturated rings. The van der Waals surface area contributed by atoms with Gasteiger partial charge in [0.15, 0.2) is 16.6 Å². The summed E-state index contributed by atoms with van der Waals surface area (Å²) >= 11 is 6.74. The zero-order valence-electron chi connectivity index (χ0n) is 13.8. The third kappa shape index (κ3) is 4.15. The molecule has 0 saturated heterocycles. The molecule has 2 N–H and O–H groups in total. The van der Waals surface area contributed by atoms with E-state index >= 15 is 0 Å². The van der Waals surface area contributed by atoms with Crippen LogP contribution in [0.3, 0.4) is 0 Å². The summed E-state index contributed by atoms with van der Waals surface area (Å²) in [5.74, 6) is 0.812. The molecule has 0 radical (unpaired) electrons. The maximum atomic E-state index is 11.8. The molecular weight excluding hydrogens is 348 g/mol. The standard InChI is InChI=1S/C16H18N2O4S2/c1-9-7-11(15(19)22-4)14(24-9)18-16(23)17-10-5-6-12(20-2)13(8-10)21-3/h5-8H,1-4H3,(H2,17,18,23). The van der Waals surface area contributed by atoms with Crippen molar-refractivity contribution >= 4 is 45.3 Å². The third-order valence-corrected chi connectivity index (χ3v) is 4.30. The van der Waals surface area contributed by atoms with Crippen LogP contribution in [0.5, 0.6) is 11.5 Å². The van der Waals surface area contributed by atoms with Crippen molar-refractivity contribution in [2.45, 2.75) is 6.92 Å². The molecule has 0 unspecified atom stereocenters. The number of hydrogen-bond acceptors (Lipinski definition) is 6. The van der Waals surface area contributed by atoms with Crippen LogP contribution in [0, 0.1) is 6.92 Å². The highest BCUT2D eigenvalue weighted by Crippen LogP contribution is 2.31. The molecule has 8 heteroatoms. The van der Waals surface area contributed by atoms with E-state index in [-0.39, 0.29) is 0 Å². The van der Waals surface area contributed by atoms with Crippen molar-refractivity contribution in [3.05, 3.63) is 34.7 Å². The fourth-order valence-electron chi connectivity index (χ4n) is 2.05. The SMILES string of the molecule is COC(=O)c1cc(C)sc1NC(=S)Nc1ccc(OC)c(OC)c1. The van der Waals surface area contributed by atoms with Crippen molar-refractivity contribution in [1.82, 2.24) is 0 Å². The first-order valence-corrected chi connectivity index (χ1v) is 8.19. The Kier molecular flexibility index (Phi) is 5.99. The Morgan fingerprint density at radius 1 is 1.08 bits per heavy atom. The van der Waals surface area contributed by atoms with Gasteiger partial charge >= 0.3 is 5.97 Å². The number of hydrogen-bond donors (Lipinski definition) is 2. The Labute approximate surface area is 149 Å². The summed E-state index contributed by atoms with van der Waals surface area (Å²) in [5, 5.41) is 7.07. The molecule has 1 heterocycles. The van der Waals surface area contributed by atoms with E-state index in [1.54, 1.807) is 32.4 Å². The normalized spacial score (nSPS) is 10.0. The van der Waals surface area contributed by atoms with Crippen LogP contribution in [0.25, 0.3) is 0 Å². The Morgan fingerprint density at radius 2 is 1.79 bits per heavy atom. The Morgan fingerprint density at radius 3 is 2.42 bits per heavy atom. The number of thiocarbonyl (C=S) groups is 1. The lowest BCUT2D eigenvalue weighted by Gasteiger charge is -2.13. The molecule has 24 heavy (non-hydrogen) atoms. The van der Waals surface area contributed by atoms with Crippen molar-refractivity contribution in [2.24, 2.45) is 0 Å². The van der Waals surface area contributed by atoms with Crippen molar-refractivity contribution < 1.29 is 19.0 Å². The highest BCUT2D eigenvalue weighted by atomic mass is 32.1. The average Bonchev–Trinajstić information content (AvgIpc) is 2.94. The first kappa shape index (κ1) is 18.0. The van der Waals surface area contributed by atoms with Crippen LogP contribution in [0.2, 0.25) is 0 Å². The zero-order valence-corrected chi connectivity index (χ0v) is 15.4. The molecule has 0 spiro atoms. The Hall–Kier alpha value is -2.32. The maximum Gasteiger partial charge on any atom is 0.340 e. The van der Waals surface area contributed by atoms with Crippen molar-refractivity contribution in [1.29, 1.82) is 0 Å². The van der Waals surface area contributed by atoms with Gasteiger partial charge in [-0.3, -0.25) is 0 Å². The Bertz CT molecular complexity index is 759. The van der Waals surface area contributed by atoms with E-state index in [1.807, 2.05) is 13.0 Å². The summed E-state index contributed by atoms with van der Waals surface area (Å²) in [5.41, 5.74) is 1.19. The van der Waals surface area contributed by atoms with Crippen LogP contribution in [-0.4, -0.2) is 32.4 Å². The van der Waals surface area contributed by atoms with Gasteiger partial charge < -0.3 is 24.8 Å². The van der Waals surface area contributed by atoms with Crippen LogP contribution < -0.4 is 20.1 Å². The summed E-state index contributed by atoms with van der Waals surface area (Å²) in [4.78, 5) is 12.8. The minimum absolute atomic E-state index is 0.356. The van der Waals surface area contributed by atoms with Crippen LogP contribution in [-0.2, 0) is 4.74 Å². The smallest absolute Gasteiger partial charge is 0.340 e. The van der Waals surface area contributed by atoms with Gasteiger partial charge in [-0.1, -0.05) is 0 Å². The zero-order chi connectivity index (χ0) is 17.7. The fourth-order valence-corrected chi connectivity index (χ4v) is 3.24. The largest absolute Gasteiger partial charge is 0.493 e. The number of methoxy groups -OCH3 is 3. The van der Waals surface area contributed by atoms with E-state index in [4.69, 9.17) is 26.4 Å². The molecule has 0 saturated carbocycles. The van der Waals surface area contributed by atoms with Gasteiger partial charge in [0.2, 0.25) is 0 Å². The second kappa shape index (κ2) is 7.98. The van der Waals surface area contributed by atoms with E-state index in [0.717, 1.165) is 10.6 Å². The van der Waals surface area contributed by atoms with E-state index < -0.39 is 5.97 Å². The molecule has 0 aliphatic rings. The highest BCUT2D eigenvalue weighted by Gasteiger charge is 2.16. The van der Waals surface area contributed by atoms with Gasteiger partial charge in [-0.25, -0.2) is 4.79 Å². The fraction of sp³-hybridized carbons (Fsp3) is 0.250. The van der Waals surface area contributed by atoms with E-state index in [2.05, 4.69) is 10.6 Å². The number of nitrogens with one attached hydrogen (secondary N) is 2. The quantitative estimate of drug-likeness (QED) is 0.618. The average molecular weight is 366 g/mol. The molecule has 0 amide bonds. The number of carbonyl (C=O) groups is 1. The van der Waals surface area contributed by atoms with Crippen LogP contribution in [0.4, 0.5) is 10.7 Å². The molecule has 128 valence electrons. The van der Waals surface area contributed by atoms with Gasteiger partial charge in [0.1, 0.15) is 5.00 Å². The number of ether oxygens (including phenoxy) is 3. The lowest BCUT2D eigenvalue weighted by Crippen LogP contribution is -2.20. The van der Waals surface area contributed by atoms with Gasteiger partial charge in [-0.15, -0.1) is 11.3 Å². The van der Waals surface area contributed by atoms with Crippen molar-refractivity contribution in [3.63, 3.8) is 0 Å². The number of rotatable bonds is 5. The monoisotopic (exact) mass is 366 g/mol. The van der Waals surface area contributed by atoms with Crippen molar-refractivity contribution in [3.8, 4) is 11.5 Å². The highest BCUT2D eigenvalue weighted by molar-refractivity contribution is 7.80. The van der Waals surface area contributed by atoms with Gasteiger partial charge in [0.25, 0.3) is 0 Å². The van der Waals surface area contributed by atoms with Crippen LogP contribution in [0.1, 0.15) is 15.2 Å². The lowest BCUT2D eigenvalue weighted by atomic mass is 10.2. The summed E-state index contributed by atoms with van der Waals surface area (Å²) in [7, 11) is 4.49. The van der Waals surface area contributed by atoms with Gasteiger partial charge in [0, 0.05) is 16.6 Å². The number of benzene rings is 1. The minimum Gasteiger partial charge on any atom is -0.493 e. The van der Waals surface area contributed by atoms with Gasteiger partial charge in [0.05, 0.1) is 26.9 Å². The summed E-state index contributed by atoms with van der Waals surface area (Å²) in [6, 6.07) is 7.13. The topological polar surface area (TPSA) is 68.8 Å². The lowest BCUT2D eigenvalue weighted by molar-refractivity contribution is 0.0602. The molecule has 0 aliphatic carbocycles. The molecule has 1 aromatic carbocycles. The van der Waals surface area contributed by atoms with E-state index in [9.17, 15) is 4.79 Å². The molecule has 1 aromatic heterocycles. The first-order chi connectivity index (χ1) is 11.5. The van der Waals surface area contributed by atoms with Gasteiger partial charge in [-0.2, -0.15) is 0 Å². The van der Waals surface area contributed by atoms with E-state index in [1.165, 1.54) is 18.4 Å². The van der Waals surface area contributed by atoms with E-state index in [0.29, 0.717) is 27.2 Å². The van der Waals surface area contributed by atoms with Crippen LogP contribution in [0.15, 0.2) is 24.3 Å². The predicted molar refractivity (Wildman–Crippen MR) is 99.8 cm³/mol. The Balaban J connectivity index is 2.13. The molecule has 0 atom stereocenters. The van der Waals surface area contributed by atoms with Crippen molar-refractivity contribution in [2.75, 3.05) is 32.0 Å². The number of esters is 1. The summed E-state index contributed by atoms with van der Waals surface area (Å²) in [6.45, 7) is 1.91. The number of carbonyl (C=O) groups excluding carboxylic acids is 1. The second-order valence-electron chi connectivity index (χ2n) is 4.74. The molecule has 2 rings (SSSR count). The molecule has 6 nitrogen and oxygen atoms in total. The molecule has 0 aliphatic heterocycles. The number of anilines is 2. The first-order valence-electron chi connectivity index (χ1n) is 6.97. The third-order valence-electron chi connectivity index (χ3n) is 3.13. The number of thiophene rings is 1. The molecule has 0 bridgehead atoms. The number of aryl methyl sites for hydroxylation is 1. The summed E-state index contributed by atoms with van der Waals surface area (Å²) in [6.07, 6.45) is 0. The minimum atomic E-state index is -0.407. The van der Waals surface area contributed by atoms with Crippen LogP contribution >= 0.6 is 23.6 Å². The second-order valence-corrected chi connectivity index (χ2v) is 6.40. The predicted octanol–water partition coefficient (Wildman–Crippen LogP) is 3.67. The maximum absolute atomic E-state index is 11.8. The summed E-state index contributed by atoms with van der Waals surface area (Å²) < 4.78 is 15.2. The van der Waals surface area contributed by atoms with Gasteiger partial charge in [-0.05, 0) is 37.3 Å². The molecule has 2 aromatic rings. The molecular formula is C16H18N2O4S2.